The highest BCUT2D eigenvalue weighted by atomic mass is 16.5. The van der Waals surface area contributed by atoms with Gasteiger partial charge in [0.1, 0.15) is 11.5 Å². The van der Waals surface area contributed by atoms with Crippen LogP contribution in [0.3, 0.4) is 0 Å². The number of benzene rings is 2. The van der Waals surface area contributed by atoms with Crippen LogP contribution in [-0.4, -0.2) is 19.6 Å². The van der Waals surface area contributed by atoms with Gasteiger partial charge in [-0.25, -0.2) is 0 Å². The Morgan fingerprint density at radius 2 is 2.04 bits per heavy atom. The molecule has 0 saturated heterocycles. The maximum atomic E-state index is 11.5. The first kappa shape index (κ1) is 17.3. The highest BCUT2D eigenvalue weighted by molar-refractivity contribution is 5.75. The van der Waals surface area contributed by atoms with Crippen LogP contribution >= 0.6 is 0 Å². The van der Waals surface area contributed by atoms with Crippen LogP contribution in [0.4, 0.5) is 0 Å². The van der Waals surface area contributed by atoms with E-state index in [0.717, 1.165) is 24.3 Å². The third kappa shape index (κ3) is 4.32. The standard InChI is InChI=1S/C21H25NO3/c1-3-21(23)22-13-18-7-5-4-6-16(18)10-15-11-17-8-9-19(24-2)12-20(17)25-14-15/h4-9,12,15H,3,10-11,13-14H2,1-2H3,(H,22,23)/t15-/m1/s1. The number of methoxy groups -OCH3 is 1. The number of amides is 1. The Morgan fingerprint density at radius 1 is 1.24 bits per heavy atom. The number of fused-ring (bicyclic) bond motifs is 1. The summed E-state index contributed by atoms with van der Waals surface area (Å²) in [5, 5.41) is 2.97. The van der Waals surface area contributed by atoms with E-state index in [4.69, 9.17) is 9.47 Å². The van der Waals surface area contributed by atoms with Gasteiger partial charge in [-0.15, -0.1) is 0 Å². The summed E-state index contributed by atoms with van der Waals surface area (Å²) in [4.78, 5) is 11.5. The Bertz CT molecular complexity index is 742. The van der Waals surface area contributed by atoms with E-state index >= 15 is 0 Å². The second-order valence-corrected chi connectivity index (χ2v) is 6.46. The summed E-state index contributed by atoms with van der Waals surface area (Å²) in [6, 6.07) is 14.4. The highest BCUT2D eigenvalue weighted by Gasteiger charge is 2.21. The van der Waals surface area contributed by atoms with Crippen molar-refractivity contribution in [3.05, 3.63) is 59.2 Å². The number of hydrogen-bond acceptors (Lipinski definition) is 3. The van der Waals surface area contributed by atoms with Crippen molar-refractivity contribution in [2.24, 2.45) is 5.92 Å². The Kier molecular flexibility index (Phi) is 5.59. The average Bonchev–Trinajstić information content (AvgIpc) is 2.66. The van der Waals surface area contributed by atoms with Crippen molar-refractivity contribution in [2.75, 3.05) is 13.7 Å². The number of carbonyl (C=O) groups is 1. The van der Waals surface area contributed by atoms with Gasteiger partial charge >= 0.3 is 0 Å². The molecule has 25 heavy (non-hydrogen) atoms. The molecule has 0 aromatic heterocycles. The van der Waals surface area contributed by atoms with E-state index in [1.807, 2.05) is 25.1 Å². The summed E-state index contributed by atoms with van der Waals surface area (Å²) in [6.07, 6.45) is 2.46. The lowest BCUT2D eigenvalue weighted by Crippen LogP contribution is -2.25. The monoisotopic (exact) mass is 339 g/mol. The van der Waals surface area contributed by atoms with Crippen molar-refractivity contribution in [3.63, 3.8) is 0 Å². The number of ether oxygens (including phenoxy) is 2. The molecule has 1 N–H and O–H groups in total. The smallest absolute Gasteiger partial charge is 0.219 e. The van der Waals surface area contributed by atoms with Crippen molar-refractivity contribution >= 4 is 5.91 Å². The van der Waals surface area contributed by atoms with E-state index in [1.54, 1.807) is 7.11 Å². The molecule has 0 bridgehead atoms. The first-order valence-electron chi connectivity index (χ1n) is 8.82. The van der Waals surface area contributed by atoms with Gasteiger partial charge in [-0.2, -0.15) is 0 Å². The van der Waals surface area contributed by atoms with Gasteiger partial charge in [-0.05, 0) is 35.6 Å². The molecule has 1 aliphatic rings. The molecular weight excluding hydrogens is 314 g/mol. The lowest BCUT2D eigenvalue weighted by molar-refractivity contribution is -0.120. The van der Waals surface area contributed by atoms with Crippen molar-refractivity contribution in [1.29, 1.82) is 0 Å². The molecule has 0 unspecified atom stereocenters. The zero-order valence-electron chi connectivity index (χ0n) is 14.9. The molecule has 4 heteroatoms. The Hall–Kier alpha value is -2.49. The van der Waals surface area contributed by atoms with Crippen molar-refractivity contribution in [2.45, 2.75) is 32.7 Å². The topological polar surface area (TPSA) is 47.6 Å². The zero-order chi connectivity index (χ0) is 17.6. The maximum Gasteiger partial charge on any atom is 0.219 e. The molecule has 0 spiro atoms. The fourth-order valence-corrected chi connectivity index (χ4v) is 3.23. The van der Waals surface area contributed by atoms with Crippen LogP contribution in [0.15, 0.2) is 42.5 Å². The number of nitrogens with one attached hydrogen (secondary N) is 1. The van der Waals surface area contributed by atoms with E-state index in [0.29, 0.717) is 25.5 Å². The Morgan fingerprint density at radius 3 is 2.80 bits per heavy atom. The lowest BCUT2D eigenvalue weighted by Gasteiger charge is -2.26. The molecule has 2 aromatic rings. The quantitative estimate of drug-likeness (QED) is 0.876. The highest BCUT2D eigenvalue weighted by Crippen LogP contribution is 2.32. The SMILES string of the molecule is CCC(=O)NCc1ccccc1C[C@H]1COc2cc(OC)ccc2C1. The summed E-state index contributed by atoms with van der Waals surface area (Å²) in [5.74, 6) is 2.27. The first-order chi connectivity index (χ1) is 12.2. The van der Waals surface area contributed by atoms with E-state index in [1.165, 1.54) is 16.7 Å². The van der Waals surface area contributed by atoms with Gasteiger partial charge in [0.25, 0.3) is 0 Å². The molecule has 0 fully saturated rings. The molecule has 0 radical (unpaired) electrons. The van der Waals surface area contributed by atoms with Gasteiger partial charge in [0.2, 0.25) is 5.91 Å². The van der Waals surface area contributed by atoms with E-state index in [-0.39, 0.29) is 5.91 Å². The summed E-state index contributed by atoms with van der Waals surface area (Å²) in [6.45, 7) is 3.16. The van der Waals surface area contributed by atoms with Crippen molar-refractivity contribution < 1.29 is 14.3 Å². The van der Waals surface area contributed by atoms with Crippen LogP contribution in [0, 0.1) is 5.92 Å². The largest absolute Gasteiger partial charge is 0.497 e. The normalized spacial score (nSPS) is 15.8. The fraction of sp³-hybridized carbons (Fsp3) is 0.381. The van der Waals surface area contributed by atoms with Crippen LogP contribution in [0.2, 0.25) is 0 Å². The Balaban J connectivity index is 1.68. The molecule has 0 saturated carbocycles. The average molecular weight is 339 g/mol. The van der Waals surface area contributed by atoms with Crippen molar-refractivity contribution in [3.8, 4) is 11.5 Å². The molecule has 1 aliphatic heterocycles. The minimum absolute atomic E-state index is 0.0821. The third-order valence-electron chi connectivity index (χ3n) is 4.68. The fourth-order valence-electron chi connectivity index (χ4n) is 3.23. The molecule has 2 aromatic carbocycles. The minimum atomic E-state index is 0.0821. The van der Waals surface area contributed by atoms with E-state index in [9.17, 15) is 4.79 Å². The second-order valence-electron chi connectivity index (χ2n) is 6.46. The number of rotatable bonds is 6. The van der Waals surface area contributed by atoms with Crippen LogP contribution in [0.5, 0.6) is 11.5 Å². The van der Waals surface area contributed by atoms with E-state index in [2.05, 4.69) is 29.6 Å². The minimum Gasteiger partial charge on any atom is -0.497 e. The zero-order valence-corrected chi connectivity index (χ0v) is 14.9. The first-order valence-corrected chi connectivity index (χ1v) is 8.82. The molecule has 1 amide bonds. The predicted molar refractivity (Wildman–Crippen MR) is 98.0 cm³/mol. The van der Waals surface area contributed by atoms with Gasteiger partial charge in [0.15, 0.2) is 0 Å². The predicted octanol–water partition coefficient (Wildman–Crippen LogP) is 3.52. The number of hydrogen-bond donors (Lipinski definition) is 1. The van der Waals surface area contributed by atoms with Crippen LogP contribution in [-0.2, 0) is 24.2 Å². The van der Waals surface area contributed by atoms with E-state index < -0.39 is 0 Å². The van der Waals surface area contributed by atoms with Crippen LogP contribution in [0.1, 0.15) is 30.0 Å². The van der Waals surface area contributed by atoms with Crippen LogP contribution < -0.4 is 14.8 Å². The van der Waals surface area contributed by atoms with Crippen LogP contribution in [0.25, 0.3) is 0 Å². The molecule has 4 nitrogen and oxygen atoms in total. The van der Waals surface area contributed by atoms with Gasteiger partial charge in [-0.1, -0.05) is 37.3 Å². The molecule has 132 valence electrons. The maximum absolute atomic E-state index is 11.5. The van der Waals surface area contributed by atoms with Gasteiger partial charge in [-0.3, -0.25) is 4.79 Å². The summed E-state index contributed by atoms with van der Waals surface area (Å²) < 4.78 is 11.2. The van der Waals surface area contributed by atoms with Crippen molar-refractivity contribution in [1.82, 2.24) is 5.32 Å². The summed E-state index contributed by atoms with van der Waals surface area (Å²) >= 11 is 0. The van der Waals surface area contributed by atoms with Gasteiger partial charge in [0, 0.05) is 24.9 Å². The second kappa shape index (κ2) is 8.06. The summed E-state index contributed by atoms with van der Waals surface area (Å²) in [7, 11) is 1.67. The number of carbonyl (C=O) groups excluding carboxylic acids is 1. The summed E-state index contributed by atoms with van der Waals surface area (Å²) in [5.41, 5.74) is 3.70. The van der Waals surface area contributed by atoms with Gasteiger partial charge in [0.05, 0.1) is 13.7 Å². The molecular formula is C21H25NO3. The molecule has 1 heterocycles. The molecule has 1 atom stereocenters. The molecule has 3 rings (SSSR count). The van der Waals surface area contributed by atoms with Gasteiger partial charge < -0.3 is 14.8 Å². The third-order valence-corrected chi connectivity index (χ3v) is 4.68. The molecule has 0 aliphatic carbocycles. The Labute approximate surface area is 149 Å². The lowest BCUT2D eigenvalue weighted by atomic mass is 9.89.